The molecule has 1 fully saturated rings. The Balaban J connectivity index is 1.74. The average Bonchev–Trinajstić information content (AvgIpc) is 2.95. The second-order valence-corrected chi connectivity index (χ2v) is 4.39. The Morgan fingerprint density at radius 2 is 2.47 bits per heavy atom. The van der Waals surface area contributed by atoms with E-state index >= 15 is 0 Å². The fourth-order valence-corrected chi connectivity index (χ4v) is 1.69. The molecule has 0 radical (unpaired) electrons. The van der Waals surface area contributed by atoms with Gasteiger partial charge in [0.1, 0.15) is 0 Å². The van der Waals surface area contributed by atoms with Crippen LogP contribution in [0.25, 0.3) is 0 Å². The summed E-state index contributed by atoms with van der Waals surface area (Å²) in [5, 5.41) is 16.8. The minimum atomic E-state index is 0.219. The van der Waals surface area contributed by atoms with E-state index in [9.17, 15) is 5.11 Å². The molecule has 0 amide bonds. The zero-order valence-electron chi connectivity index (χ0n) is 9.19. The van der Waals surface area contributed by atoms with Gasteiger partial charge in [-0.05, 0) is 31.7 Å². The molecule has 1 aliphatic carbocycles. The van der Waals surface area contributed by atoms with Gasteiger partial charge in [-0.25, -0.2) is 0 Å². The highest BCUT2D eigenvalue weighted by Crippen LogP contribution is 2.19. The van der Waals surface area contributed by atoms with Gasteiger partial charge < -0.3 is 10.4 Å². The monoisotopic (exact) mass is 209 g/mol. The number of aliphatic hydroxyl groups excluding tert-OH is 1. The minimum absolute atomic E-state index is 0.219. The molecule has 1 aromatic rings. The second-order valence-electron chi connectivity index (χ2n) is 4.39. The average molecular weight is 209 g/mol. The number of aryl methyl sites for hydroxylation is 2. The van der Waals surface area contributed by atoms with Crippen molar-refractivity contribution in [2.45, 2.75) is 44.8 Å². The van der Waals surface area contributed by atoms with Crippen LogP contribution in [0.3, 0.4) is 0 Å². The van der Waals surface area contributed by atoms with E-state index in [1.54, 1.807) is 0 Å². The first-order valence-electron chi connectivity index (χ1n) is 5.64. The second kappa shape index (κ2) is 4.77. The number of nitrogens with one attached hydrogen (secondary N) is 1. The molecule has 1 saturated carbocycles. The van der Waals surface area contributed by atoms with Crippen molar-refractivity contribution in [1.82, 2.24) is 15.1 Å². The summed E-state index contributed by atoms with van der Waals surface area (Å²) in [5.41, 5.74) is 1.19. The molecule has 0 bridgehead atoms. The van der Waals surface area contributed by atoms with Crippen LogP contribution in [-0.2, 0) is 6.54 Å². The predicted molar refractivity (Wildman–Crippen MR) is 58.6 cm³/mol. The SMILES string of the molecule is Cc1cnn(CCC(CO)NC2CC2)c1. The largest absolute Gasteiger partial charge is 0.395 e. The zero-order chi connectivity index (χ0) is 10.7. The molecule has 4 nitrogen and oxygen atoms in total. The molecule has 0 aromatic carbocycles. The van der Waals surface area contributed by atoms with Crippen molar-refractivity contribution >= 4 is 0 Å². The van der Waals surface area contributed by atoms with E-state index in [1.165, 1.54) is 18.4 Å². The number of nitrogens with zero attached hydrogens (tertiary/aromatic N) is 2. The van der Waals surface area contributed by atoms with Gasteiger partial charge in [-0.3, -0.25) is 4.68 Å². The van der Waals surface area contributed by atoms with Crippen molar-refractivity contribution < 1.29 is 5.11 Å². The van der Waals surface area contributed by atoms with Gasteiger partial charge in [0, 0.05) is 24.8 Å². The van der Waals surface area contributed by atoms with E-state index in [1.807, 2.05) is 24.0 Å². The molecule has 15 heavy (non-hydrogen) atoms. The van der Waals surface area contributed by atoms with Crippen LogP contribution in [0.2, 0.25) is 0 Å². The summed E-state index contributed by atoms with van der Waals surface area (Å²) < 4.78 is 1.94. The van der Waals surface area contributed by atoms with Gasteiger partial charge in [-0.2, -0.15) is 5.10 Å². The predicted octanol–water partition coefficient (Wildman–Crippen LogP) is 0.695. The maximum absolute atomic E-state index is 9.19. The highest BCUT2D eigenvalue weighted by molar-refractivity contribution is 4.99. The van der Waals surface area contributed by atoms with Crippen LogP contribution in [-0.4, -0.2) is 33.6 Å². The number of rotatable bonds is 6. The zero-order valence-corrected chi connectivity index (χ0v) is 9.19. The first kappa shape index (κ1) is 10.6. The van der Waals surface area contributed by atoms with Crippen LogP contribution < -0.4 is 5.32 Å². The van der Waals surface area contributed by atoms with Crippen molar-refractivity contribution in [3.8, 4) is 0 Å². The third kappa shape index (κ3) is 3.32. The smallest absolute Gasteiger partial charge is 0.0585 e. The van der Waals surface area contributed by atoms with Gasteiger partial charge in [0.05, 0.1) is 12.8 Å². The molecule has 1 unspecified atom stereocenters. The molecule has 0 aliphatic heterocycles. The number of aliphatic hydroxyl groups is 1. The molecule has 84 valence electrons. The van der Waals surface area contributed by atoms with E-state index in [-0.39, 0.29) is 12.6 Å². The third-order valence-corrected chi connectivity index (χ3v) is 2.74. The molecule has 1 aromatic heterocycles. The highest BCUT2D eigenvalue weighted by atomic mass is 16.3. The molecule has 0 saturated heterocycles. The van der Waals surface area contributed by atoms with Crippen LogP contribution in [0.1, 0.15) is 24.8 Å². The lowest BCUT2D eigenvalue weighted by Crippen LogP contribution is -2.35. The van der Waals surface area contributed by atoms with E-state index < -0.39 is 0 Å². The van der Waals surface area contributed by atoms with Crippen molar-refractivity contribution in [1.29, 1.82) is 0 Å². The molecule has 4 heteroatoms. The van der Waals surface area contributed by atoms with Gasteiger partial charge in [0.25, 0.3) is 0 Å². The normalized spacial score (nSPS) is 18.0. The van der Waals surface area contributed by atoms with Crippen LogP contribution in [0.15, 0.2) is 12.4 Å². The van der Waals surface area contributed by atoms with Crippen LogP contribution >= 0.6 is 0 Å². The fourth-order valence-electron chi connectivity index (χ4n) is 1.69. The lowest BCUT2D eigenvalue weighted by Gasteiger charge is -2.15. The molecule has 1 heterocycles. The molecular weight excluding hydrogens is 190 g/mol. The lowest BCUT2D eigenvalue weighted by atomic mass is 10.2. The molecule has 2 N–H and O–H groups in total. The summed E-state index contributed by atoms with van der Waals surface area (Å²) in [5.74, 6) is 0. The Bertz CT molecular complexity index is 307. The number of aromatic nitrogens is 2. The molecule has 2 rings (SSSR count). The summed E-state index contributed by atoms with van der Waals surface area (Å²) in [6.07, 6.45) is 7.36. The quantitative estimate of drug-likeness (QED) is 0.725. The minimum Gasteiger partial charge on any atom is -0.395 e. The first-order chi connectivity index (χ1) is 7.28. The summed E-state index contributed by atoms with van der Waals surface area (Å²) in [7, 11) is 0. The van der Waals surface area contributed by atoms with Gasteiger partial charge in [0.15, 0.2) is 0 Å². The Kier molecular flexibility index (Phi) is 3.38. The summed E-state index contributed by atoms with van der Waals surface area (Å²) in [6, 6.07) is 0.878. The van der Waals surface area contributed by atoms with Crippen molar-refractivity contribution in [3.63, 3.8) is 0 Å². The Morgan fingerprint density at radius 3 is 3.00 bits per heavy atom. The molecule has 0 spiro atoms. The van der Waals surface area contributed by atoms with E-state index in [0.717, 1.165) is 13.0 Å². The molecule has 1 atom stereocenters. The van der Waals surface area contributed by atoms with Crippen LogP contribution in [0.5, 0.6) is 0 Å². The fraction of sp³-hybridized carbons (Fsp3) is 0.727. The third-order valence-electron chi connectivity index (χ3n) is 2.74. The van der Waals surface area contributed by atoms with Gasteiger partial charge in [-0.15, -0.1) is 0 Å². The van der Waals surface area contributed by atoms with Crippen molar-refractivity contribution in [2.75, 3.05) is 6.61 Å². The maximum atomic E-state index is 9.19. The lowest BCUT2D eigenvalue weighted by molar-refractivity contribution is 0.229. The topological polar surface area (TPSA) is 50.1 Å². The number of hydrogen-bond acceptors (Lipinski definition) is 3. The Morgan fingerprint density at radius 1 is 1.67 bits per heavy atom. The Labute approximate surface area is 90.3 Å². The van der Waals surface area contributed by atoms with Gasteiger partial charge >= 0.3 is 0 Å². The summed E-state index contributed by atoms with van der Waals surface area (Å²) in [6.45, 7) is 3.13. The van der Waals surface area contributed by atoms with Gasteiger partial charge in [-0.1, -0.05) is 0 Å². The van der Waals surface area contributed by atoms with Crippen LogP contribution in [0, 0.1) is 6.92 Å². The Hall–Kier alpha value is -0.870. The van der Waals surface area contributed by atoms with E-state index in [4.69, 9.17) is 0 Å². The first-order valence-corrected chi connectivity index (χ1v) is 5.64. The van der Waals surface area contributed by atoms with E-state index in [0.29, 0.717) is 6.04 Å². The standard InChI is InChI=1S/C11H19N3O/c1-9-6-12-14(7-9)5-4-11(8-15)13-10-2-3-10/h6-7,10-11,13,15H,2-5,8H2,1H3. The maximum Gasteiger partial charge on any atom is 0.0585 e. The number of hydrogen-bond donors (Lipinski definition) is 2. The van der Waals surface area contributed by atoms with Crippen molar-refractivity contribution in [3.05, 3.63) is 18.0 Å². The van der Waals surface area contributed by atoms with Gasteiger partial charge in [0.2, 0.25) is 0 Å². The van der Waals surface area contributed by atoms with Crippen molar-refractivity contribution in [2.24, 2.45) is 0 Å². The van der Waals surface area contributed by atoms with Crippen LogP contribution in [0.4, 0.5) is 0 Å². The highest BCUT2D eigenvalue weighted by Gasteiger charge is 2.23. The molecular formula is C11H19N3O. The van der Waals surface area contributed by atoms with E-state index in [2.05, 4.69) is 10.4 Å². The molecule has 1 aliphatic rings. The summed E-state index contributed by atoms with van der Waals surface area (Å²) >= 11 is 0. The summed E-state index contributed by atoms with van der Waals surface area (Å²) in [4.78, 5) is 0.